The zero-order valence-electron chi connectivity index (χ0n) is 12.6. The van der Waals surface area contributed by atoms with Crippen molar-refractivity contribution in [3.63, 3.8) is 0 Å². The molecular formula is C18H16ClNO3. The lowest BCUT2D eigenvalue weighted by Gasteiger charge is -2.08. The molecule has 2 rings (SSSR count). The predicted octanol–water partition coefficient (Wildman–Crippen LogP) is 4.08. The summed E-state index contributed by atoms with van der Waals surface area (Å²) in [6.45, 7) is 1.88. The van der Waals surface area contributed by atoms with Crippen LogP contribution in [0.25, 0.3) is 0 Å². The second-order valence-corrected chi connectivity index (χ2v) is 5.06. The van der Waals surface area contributed by atoms with Gasteiger partial charge in [0.25, 0.3) is 0 Å². The molecule has 0 saturated carbocycles. The normalized spacial score (nSPS) is 11.0. The zero-order valence-corrected chi connectivity index (χ0v) is 13.3. The Hall–Kier alpha value is -2.59. The fourth-order valence-corrected chi connectivity index (χ4v) is 2.00. The molecule has 0 fully saturated rings. The largest absolute Gasteiger partial charge is 0.462 e. The van der Waals surface area contributed by atoms with E-state index in [2.05, 4.69) is 5.32 Å². The minimum absolute atomic E-state index is 0.0620. The Balaban J connectivity index is 2.26. The molecule has 23 heavy (non-hydrogen) atoms. The third-order valence-electron chi connectivity index (χ3n) is 3.00. The van der Waals surface area contributed by atoms with Crippen LogP contribution in [-0.2, 0) is 9.53 Å². The van der Waals surface area contributed by atoms with E-state index >= 15 is 0 Å². The molecule has 0 saturated heterocycles. The van der Waals surface area contributed by atoms with E-state index in [1.807, 2.05) is 0 Å². The number of nitrogens with one attached hydrogen (secondary N) is 1. The number of rotatable bonds is 6. The third-order valence-corrected chi connectivity index (χ3v) is 3.26. The summed E-state index contributed by atoms with van der Waals surface area (Å²) in [5, 5.41) is 3.52. The highest BCUT2D eigenvalue weighted by Crippen LogP contribution is 2.15. The van der Waals surface area contributed by atoms with Crippen molar-refractivity contribution in [2.45, 2.75) is 6.92 Å². The standard InChI is InChI=1S/C18H16ClNO3/c1-2-23-18(22)16(17(21)13-6-4-3-5-7-13)12-20-15-10-8-14(19)9-11-15/h3-12,20H,2H2,1H3. The Bertz CT molecular complexity index is 709. The van der Waals surface area contributed by atoms with Gasteiger partial charge in [-0.2, -0.15) is 0 Å². The Labute approximate surface area is 139 Å². The molecule has 0 radical (unpaired) electrons. The fourth-order valence-electron chi connectivity index (χ4n) is 1.87. The molecule has 0 aliphatic rings. The fraction of sp³-hybridized carbons (Fsp3) is 0.111. The number of hydrogen-bond acceptors (Lipinski definition) is 4. The molecule has 2 aromatic rings. The zero-order chi connectivity index (χ0) is 16.7. The maximum absolute atomic E-state index is 12.5. The van der Waals surface area contributed by atoms with Crippen molar-refractivity contribution >= 4 is 29.0 Å². The quantitative estimate of drug-likeness (QED) is 0.285. The second kappa shape index (κ2) is 8.15. The van der Waals surface area contributed by atoms with Gasteiger partial charge in [0.2, 0.25) is 5.78 Å². The van der Waals surface area contributed by atoms with Crippen molar-refractivity contribution in [2.75, 3.05) is 11.9 Å². The Morgan fingerprint density at radius 2 is 1.74 bits per heavy atom. The molecule has 0 spiro atoms. The summed E-state index contributed by atoms with van der Waals surface area (Å²) < 4.78 is 4.97. The van der Waals surface area contributed by atoms with Crippen LogP contribution in [-0.4, -0.2) is 18.4 Å². The van der Waals surface area contributed by atoms with Gasteiger partial charge in [-0.1, -0.05) is 41.9 Å². The molecule has 0 unspecified atom stereocenters. The van der Waals surface area contributed by atoms with Gasteiger partial charge in [-0.15, -0.1) is 0 Å². The highest BCUT2D eigenvalue weighted by atomic mass is 35.5. The molecule has 0 aliphatic heterocycles. The van der Waals surface area contributed by atoms with E-state index in [1.54, 1.807) is 61.5 Å². The molecule has 0 aliphatic carbocycles. The number of hydrogen-bond donors (Lipinski definition) is 1. The van der Waals surface area contributed by atoms with Gasteiger partial charge in [0.15, 0.2) is 0 Å². The molecule has 1 N–H and O–H groups in total. The maximum Gasteiger partial charge on any atom is 0.343 e. The number of carbonyl (C=O) groups excluding carboxylic acids is 2. The molecule has 4 nitrogen and oxygen atoms in total. The molecule has 0 aromatic heterocycles. The van der Waals surface area contributed by atoms with E-state index in [9.17, 15) is 9.59 Å². The minimum atomic E-state index is -0.664. The smallest absolute Gasteiger partial charge is 0.343 e. The Kier molecular flexibility index (Phi) is 5.94. The first kappa shape index (κ1) is 16.8. The van der Waals surface area contributed by atoms with E-state index in [0.29, 0.717) is 16.3 Å². The van der Waals surface area contributed by atoms with Gasteiger partial charge in [-0.05, 0) is 31.2 Å². The number of anilines is 1. The first-order valence-corrected chi connectivity index (χ1v) is 7.48. The van der Waals surface area contributed by atoms with Gasteiger partial charge in [0.05, 0.1) is 6.61 Å². The molecular weight excluding hydrogens is 314 g/mol. The van der Waals surface area contributed by atoms with Crippen molar-refractivity contribution < 1.29 is 14.3 Å². The van der Waals surface area contributed by atoms with Crippen LogP contribution in [0.1, 0.15) is 17.3 Å². The van der Waals surface area contributed by atoms with E-state index < -0.39 is 11.8 Å². The van der Waals surface area contributed by atoms with E-state index in [1.165, 1.54) is 6.20 Å². The summed E-state index contributed by atoms with van der Waals surface area (Å²) in [6.07, 6.45) is 1.36. The lowest BCUT2D eigenvalue weighted by Crippen LogP contribution is -2.17. The van der Waals surface area contributed by atoms with Crippen LogP contribution >= 0.6 is 11.6 Å². The number of Topliss-reactive ketones (excluding diaryl/α,β-unsaturated/α-hetero) is 1. The molecule has 118 valence electrons. The van der Waals surface area contributed by atoms with E-state index in [-0.39, 0.29) is 12.2 Å². The van der Waals surface area contributed by atoms with Gasteiger partial charge >= 0.3 is 5.97 Å². The van der Waals surface area contributed by atoms with Crippen LogP contribution in [0.4, 0.5) is 5.69 Å². The maximum atomic E-state index is 12.5. The van der Waals surface area contributed by atoms with E-state index in [4.69, 9.17) is 16.3 Å². The lowest BCUT2D eigenvalue weighted by atomic mass is 10.0. The molecule has 0 atom stereocenters. The highest BCUT2D eigenvalue weighted by Gasteiger charge is 2.20. The van der Waals surface area contributed by atoms with Crippen molar-refractivity contribution in [2.24, 2.45) is 0 Å². The number of halogens is 1. The number of carbonyl (C=O) groups is 2. The molecule has 0 amide bonds. The summed E-state index contributed by atoms with van der Waals surface area (Å²) in [5.74, 6) is -1.06. The summed E-state index contributed by atoms with van der Waals surface area (Å²) in [5.41, 5.74) is 1.06. The Morgan fingerprint density at radius 3 is 2.35 bits per heavy atom. The van der Waals surface area contributed by atoms with Crippen molar-refractivity contribution in [1.29, 1.82) is 0 Å². The summed E-state index contributed by atoms with van der Waals surface area (Å²) in [7, 11) is 0. The van der Waals surface area contributed by atoms with Crippen LogP contribution in [0.5, 0.6) is 0 Å². The van der Waals surface area contributed by atoms with Gasteiger partial charge in [-0.3, -0.25) is 4.79 Å². The molecule has 0 heterocycles. The summed E-state index contributed by atoms with van der Waals surface area (Å²) in [4.78, 5) is 24.6. The van der Waals surface area contributed by atoms with Gasteiger partial charge in [-0.25, -0.2) is 4.79 Å². The average Bonchev–Trinajstić information content (AvgIpc) is 2.57. The van der Waals surface area contributed by atoms with Crippen LogP contribution in [0.3, 0.4) is 0 Å². The average molecular weight is 330 g/mol. The van der Waals surface area contributed by atoms with Gasteiger partial charge in [0.1, 0.15) is 5.57 Å². The van der Waals surface area contributed by atoms with Crippen molar-refractivity contribution in [1.82, 2.24) is 0 Å². The molecule has 5 heteroatoms. The van der Waals surface area contributed by atoms with Gasteiger partial charge < -0.3 is 10.1 Å². The first-order chi connectivity index (χ1) is 11.1. The monoisotopic (exact) mass is 329 g/mol. The minimum Gasteiger partial charge on any atom is -0.462 e. The number of benzene rings is 2. The van der Waals surface area contributed by atoms with Crippen LogP contribution in [0.15, 0.2) is 66.4 Å². The third kappa shape index (κ3) is 4.69. The summed E-state index contributed by atoms with van der Waals surface area (Å²) >= 11 is 5.83. The van der Waals surface area contributed by atoms with Gasteiger partial charge in [0, 0.05) is 22.5 Å². The van der Waals surface area contributed by atoms with E-state index in [0.717, 1.165) is 0 Å². The van der Waals surface area contributed by atoms with Crippen LogP contribution < -0.4 is 5.32 Å². The van der Waals surface area contributed by atoms with Crippen LogP contribution in [0, 0.1) is 0 Å². The molecule has 2 aromatic carbocycles. The second-order valence-electron chi connectivity index (χ2n) is 4.62. The Morgan fingerprint density at radius 1 is 1.09 bits per heavy atom. The molecule has 0 bridgehead atoms. The van der Waals surface area contributed by atoms with Crippen molar-refractivity contribution in [3.05, 3.63) is 77.0 Å². The van der Waals surface area contributed by atoms with Crippen LogP contribution in [0.2, 0.25) is 5.02 Å². The SMILES string of the molecule is CCOC(=O)C(=CNc1ccc(Cl)cc1)C(=O)c1ccccc1. The summed E-state index contributed by atoms with van der Waals surface area (Å²) in [6, 6.07) is 15.5. The lowest BCUT2D eigenvalue weighted by molar-refractivity contribution is -0.138. The topological polar surface area (TPSA) is 55.4 Å². The first-order valence-electron chi connectivity index (χ1n) is 7.11. The predicted molar refractivity (Wildman–Crippen MR) is 90.6 cm³/mol. The number of ketones is 1. The van der Waals surface area contributed by atoms with Crippen molar-refractivity contribution in [3.8, 4) is 0 Å². The number of ether oxygens (including phenoxy) is 1. The number of esters is 1. The highest BCUT2D eigenvalue weighted by molar-refractivity contribution is 6.30.